The van der Waals surface area contributed by atoms with Crippen LogP contribution in [0.3, 0.4) is 0 Å². The van der Waals surface area contributed by atoms with Crippen LogP contribution in [0.1, 0.15) is 17.1 Å². The number of nitrogens with zero attached hydrogens (tertiary/aromatic N) is 1. The van der Waals surface area contributed by atoms with Crippen LogP contribution in [0.25, 0.3) is 23.5 Å². The fourth-order valence-electron chi connectivity index (χ4n) is 2.13. The molecule has 0 radical (unpaired) electrons. The van der Waals surface area contributed by atoms with E-state index in [1.807, 2.05) is 0 Å². The molecule has 1 N–H and O–H groups in total. The van der Waals surface area contributed by atoms with Gasteiger partial charge in [0, 0.05) is 5.56 Å². The van der Waals surface area contributed by atoms with Crippen LogP contribution in [-0.4, -0.2) is 9.97 Å². The van der Waals surface area contributed by atoms with Gasteiger partial charge in [-0.2, -0.15) is 18.2 Å². The van der Waals surface area contributed by atoms with E-state index >= 15 is 0 Å². The van der Waals surface area contributed by atoms with Crippen LogP contribution in [0.2, 0.25) is 5.02 Å². The molecule has 2 aromatic heterocycles. The second kappa shape index (κ2) is 6.80. The highest BCUT2D eigenvalue weighted by atomic mass is 35.5. The molecule has 0 aliphatic rings. The number of H-pyrrole nitrogens is 1. The zero-order valence-electron chi connectivity index (χ0n) is 12.8. The highest BCUT2D eigenvalue weighted by molar-refractivity contribution is 6.31. The molecule has 3 aromatic rings. The Morgan fingerprint density at radius 2 is 1.88 bits per heavy atom. The minimum absolute atomic E-state index is 0.0663. The second-order valence-corrected chi connectivity index (χ2v) is 5.59. The Hall–Kier alpha value is -2.87. The molecule has 0 aliphatic heterocycles. The van der Waals surface area contributed by atoms with Crippen molar-refractivity contribution < 1.29 is 22.0 Å². The molecule has 9 heteroatoms. The number of furan rings is 1. The number of hydrogen-bond acceptors (Lipinski definition) is 3. The van der Waals surface area contributed by atoms with Gasteiger partial charge in [-0.1, -0.05) is 11.6 Å². The van der Waals surface area contributed by atoms with Crippen LogP contribution >= 0.6 is 11.6 Å². The quantitative estimate of drug-likeness (QED) is 0.646. The summed E-state index contributed by atoms with van der Waals surface area (Å²) in [6.45, 7) is 0. The van der Waals surface area contributed by atoms with Crippen molar-refractivity contribution in [2.75, 3.05) is 0 Å². The fourth-order valence-corrected chi connectivity index (χ4v) is 2.31. The van der Waals surface area contributed by atoms with E-state index in [2.05, 4.69) is 4.98 Å². The van der Waals surface area contributed by atoms with Gasteiger partial charge < -0.3 is 9.40 Å². The molecule has 2 heterocycles. The van der Waals surface area contributed by atoms with Gasteiger partial charge in [-0.25, -0.2) is 9.18 Å². The van der Waals surface area contributed by atoms with Crippen molar-refractivity contribution in [1.29, 1.82) is 0 Å². The summed E-state index contributed by atoms with van der Waals surface area (Å²) in [6, 6.07) is 7.91. The fraction of sp³-hybridized carbons (Fsp3) is 0.0588. The van der Waals surface area contributed by atoms with Crippen LogP contribution in [0, 0.1) is 5.82 Å². The van der Waals surface area contributed by atoms with E-state index < -0.39 is 23.4 Å². The van der Waals surface area contributed by atoms with E-state index in [9.17, 15) is 22.4 Å². The highest BCUT2D eigenvalue weighted by Crippen LogP contribution is 2.28. The van der Waals surface area contributed by atoms with E-state index in [4.69, 9.17) is 16.0 Å². The number of aromatic nitrogens is 2. The van der Waals surface area contributed by atoms with E-state index in [-0.39, 0.29) is 10.7 Å². The summed E-state index contributed by atoms with van der Waals surface area (Å²) in [4.78, 5) is 16.3. The van der Waals surface area contributed by atoms with Crippen molar-refractivity contribution >= 4 is 23.8 Å². The lowest BCUT2D eigenvalue weighted by molar-refractivity contribution is -0.141. The molecule has 0 amide bonds. The molecule has 26 heavy (non-hydrogen) atoms. The van der Waals surface area contributed by atoms with Crippen molar-refractivity contribution in [3.05, 3.63) is 74.9 Å². The molecule has 0 saturated carbocycles. The summed E-state index contributed by atoms with van der Waals surface area (Å²) in [5.74, 6) is 0.125. The molecular weight excluding hydrogens is 376 g/mol. The lowest BCUT2D eigenvalue weighted by atomic mass is 10.2. The topological polar surface area (TPSA) is 58.9 Å². The Kier molecular flexibility index (Phi) is 4.69. The van der Waals surface area contributed by atoms with Crippen LogP contribution in [-0.2, 0) is 6.18 Å². The first-order valence-electron chi connectivity index (χ1n) is 7.14. The average molecular weight is 385 g/mol. The van der Waals surface area contributed by atoms with Gasteiger partial charge in [-0.15, -0.1) is 0 Å². The second-order valence-electron chi connectivity index (χ2n) is 5.19. The first-order valence-corrected chi connectivity index (χ1v) is 7.52. The maximum atomic E-state index is 13.2. The predicted octanol–water partition coefficient (Wildman–Crippen LogP) is 5.01. The molecule has 0 saturated heterocycles. The SMILES string of the molecule is O=c1nc(C=Cc2ccc(-c3ccc(F)c(Cl)c3)o2)cc(C(F)(F)F)[nH]1. The number of hydrogen-bond donors (Lipinski definition) is 1. The number of benzene rings is 1. The monoisotopic (exact) mass is 384 g/mol. The lowest BCUT2D eigenvalue weighted by Gasteiger charge is -2.05. The number of nitrogens with one attached hydrogen (secondary N) is 1. The summed E-state index contributed by atoms with van der Waals surface area (Å²) in [6.07, 6.45) is -2.12. The molecular formula is C17H9ClF4N2O2. The van der Waals surface area contributed by atoms with E-state index in [1.165, 1.54) is 30.4 Å². The smallest absolute Gasteiger partial charge is 0.431 e. The van der Waals surface area contributed by atoms with Crippen molar-refractivity contribution in [1.82, 2.24) is 9.97 Å². The van der Waals surface area contributed by atoms with Gasteiger partial charge in [-0.05, 0) is 48.6 Å². The summed E-state index contributed by atoms with van der Waals surface area (Å²) >= 11 is 5.71. The molecule has 0 aliphatic carbocycles. The lowest BCUT2D eigenvalue weighted by Crippen LogP contribution is -2.19. The molecule has 0 atom stereocenters. The van der Waals surface area contributed by atoms with Crippen molar-refractivity contribution in [3.8, 4) is 11.3 Å². The van der Waals surface area contributed by atoms with Gasteiger partial charge in [0.05, 0.1) is 10.7 Å². The number of aromatic amines is 1. The van der Waals surface area contributed by atoms with E-state index in [0.29, 0.717) is 23.2 Å². The Balaban J connectivity index is 1.86. The first-order chi connectivity index (χ1) is 12.2. The van der Waals surface area contributed by atoms with Gasteiger partial charge >= 0.3 is 11.9 Å². The Labute approximate surface area is 148 Å². The Morgan fingerprint density at radius 3 is 2.58 bits per heavy atom. The third-order valence-corrected chi connectivity index (χ3v) is 3.61. The Bertz CT molecular complexity index is 1040. The molecule has 0 fully saturated rings. The van der Waals surface area contributed by atoms with E-state index in [1.54, 1.807) is 17.1 Å². The minimum atomic E-state index is -4.69. The van der Waals surface area contributed by atoms with Gasteiger partial charge in [0.15, 0.2) is 0 Å². The van der Waals surface area contributed by atoms with Crippen molar-refractivity contribution in [2.24, 2.45) is 0 Å². The summed E-state index contributed by atoms with van der Waals surface area (Å²) < 4.78 is 56.8. The summed E-state index contributed by atoms with van der Waals surface area (Å²) in [5.41, 5.74) is -1.95. The Morgan fingerprint density at radius 1 is 1.12 bits per heavy atom. The van der Waals surface area contributed by atoms with Gasteiger partial charge in [0.2, 0.25) is 0 Å². The van der Waals surface area contributed by atoms with Crippen molar-refractivity contribution in [2.45, 2.75) is 6.18 Å². The minimum Gasteiger partial charge on any atom is -0.457 e. The zero-order chi connectivity index (χ0) is 18.9. The van der Waals surface area contributed by atoms with Gasteiger partial charge in [0.1, 0.15) is 23.0 Å². The molecule has 0 spiro atoms. The maximum Gasteiger partial charge on any atom is 0.431 e. The summed E-state index contributed by atoms with van der Waals surface area (Å²) in [7, 11) is 0. The number of rotatable bonds is 3. The molecule has 4 nitrogen and oxygen atoms in total. The summed E-state index contributed by atoms with van der Waals surface area (Å²) in [5, 5.41) is -0.0663. The van der Waals surface area contributed by atoms with E-state index in [0.717, 1.165) is 0 Å². The first kappa shape index (κ1) is 17.9. The van der Waals surface area contributed by atoms with Gasteiger partial charge in [-0.3, -0.25) is 0 Å². The molecule has 0 bridgehead atoms. The zero-order valence-corrected chi connectivity index (χ0v) is 13.5. The number of halogens is 5. The standard InChI is InChI=1S/C17H9ClF4N2O2/c18-12-7-9(1-5-13(12)19)14-6-4-11(26-14)3-2-10-8-15(17(20,21)22)24-16(25)23-10/h1-8H,(H,23,24,25). The van der Waals surface area contributed by atoms with Crippen LogP contribution < -0.4 is 5.69 Å². The third-order valence-electron chi connectivity index (χ3n) is 3.32. The average Bonchev–Trinajstić information content (AvgIpc) is 3.03. The normalized spacial score (nSPS) is 12.0. The van der Waals surface area contributed by atoms with Gasteiger partial charge in [0.25, 0.3) is 0 Å². The van der Waals surface area contributed by atoms with Crippen LogP contribution in [0.15, 0.2) is 45.6 Å². The number of alkyl halides is 3. The van der Waals surface area contributed by atoms with Crippen molar-refractivity contribution in [3.63, 3.8) is 0 Å². The molecule has 0 unspecified atom stereocenters. The predicted molar refractivity (Wildman–Crippen MR) is 87.9 cm³/mol. The molecule has 3 rings (SSSR count). The largest absolute Gasteiger partial charge is 0.457 e. The molecule has 134 valence electrons. The van der Waals surface area contributed by atoms with Crippen LogP contribution in [0.5, 0.6) is 0 Å². The third kappa shape index (κ3) is 4.02. The molecule has 1 aromatic carbocycles. The van der Waals surface area contributed by atoms with Crippen LogP contribution in [0.4, 0.5) is 17.6 Å². The highest BCUT2D eigenvalue weighted by Gasteiger charge is 2.32. The maximum absolute atomic E-state index is 13.2.